The number of para-hydroxylation sites is 1. The first-order valence-corrected chi connectivity index (χ1v) is 5.38. The molecule has 0 aliphatic heterocycles. The number of amides is 2. The molecule has 2 rings (SSSR count). The van der Waals surface area contributed by atoms with E-state index >= 15 is 0 Å². The van der Waals surface area contributed by atoms with Gasteiger partial charge in [0.15, 0.2) is 0 Å². The van der Waals surface area contributed by atoms with Crippen LogP contribution in [0.1, 0.15) is 29.6 Å². The molecule has 4 heteroatoms. The van der Waals surface area contributed by atoms with Gasteiger partial charge < -0.3 is 11.1 Å². The van der Waals surface area contributed by atoms with E-state index in [9.17, 15) is 9.59 Å². The van der Waals surface area contributed by atoms with E-state index in [1.165, 1.54) is 0 Å². The van der Waals surface area contributed by atoms with Crippen molar-refractivity contribution in [2.75, 3.05) is 5.32 Å². The van der Waals surface area contributed by atoms with Crippen LogP contribution in [0.3, 0.4) is 0 Å². The zero-order valence-corrected chi connectivity index (χ0v) is 8.90. The summed E-state index contributed by atoms with van der Waals surface area (Å²) in [7, 11) is 0. The number of benzene rings is 1. The largest absolute Gasteiger partial charge is 0.366 e. The molecule has 1 aliphatic carbocycles. The van der Waals surface area contributed by atoms with E-state index in [0.717, 1.165) is 19.3 Å². The molecule has 1 aliphatic rings. The van der Waals surface area contributed by atoms with Crippen molar-refractivity contribution in [2.45, 2.75) is 19.3 Å². The molecule has 0 bridgehead atoms. The van der Waals surface area contributed by atoms with Gasteiger partial charge in [-0.3, -0.25) is 9.59 Å². The molecule has 0 spiro atoms. The van der Waals surface area contributed by atoms with Gasteiger partial charge in [-0.15, -0.1) is 0 Å². The highest BCUT2D eigenvalue weighted by molar-refractivity contribution is 6.03. The summed E-state index contributed by atoms with van der Waals surface area (Å²) < 4.78 is 0. The van der Waals surface area contributed by atoms with E-state index in [-0.39, 0.29) is 11.8 Å². The summed E-state index contributed by atoms with van der Waals surface area (Å²) in [5.74, 6) is -0.439. The van der Waals surface area contributed by atoms with Gasteiger partial charge in [0.1, 0.15) is 0 Å². The van der Waals surface area contributed by atoms with Crippen molar-refractivity contribution in [1.29, 1.82) is 0 Å². The molecule has 1 aromatic rings. The molecular weight excluding hydrogens is 204 g/mol. The van der Waals surface area contributed by atoms with Crippen molar-refractivity contribution in [3.05, 3.63) is 29.8 Å². The molecule has 16 heavy (non-hydrogen) atoms. The molecule has 0 radical (unpaired) electrons. The van der Waals surface area contributed by atoms with Gasteiger partial charge in [0.2, 0.25) is 5.91 Å². The van der Waals surface area contributed by atoms with Crippen LogP contribution in [0.2, 0.25) is 0 Å². The minimum absolute atomic E-state index is 0.0139. The van der Waals surface area contributed by atoms with Crippen molar-refractivity contribution in [3.63, 3.8) is 0 Å². The first kappa shape index (κ1) is 10.7. The van der Waals surface area contributed by atoms with Crippen LogP contribution in [-0.2, 0) is 4.79 Å². The lowest BCUT2D eigenvalue weighted by molar-refractivity contribution is -0.122. The number of carbonyl (C=O) groups excluding carboxylic acids is 2. The second-order valence-corrected chi connectivity index (χ2v) is 4.03. The number of rotatable bonds is 3. The smallest absolute Gasteiger partial charge is 0.250 e. The highest BCUT2D eigenvalue weighted by Crippen LogP contribution is 2.28. The highest BCUT2D eigenvalue weighted by atomic mass is 16.2. The maximum atomic E-state index is 11.7. The van der Waals surface area contributed by atoms with E-state index in [0.29, 0.717) is 11.3 Å². The fourth-order valence-electron chi connectivity index (χ4n) is 1.71. The molecule has 1 fully saturated rings. The topological polar surface area (TPSA) is 72.2 Å². The molecule has 1 saturated carbocycles. The number of anilines is 1. The molecule has 84 valence electrons. The van der Waals surface area contributed by atoms with E-state index in [1.54, 1.807) is 24.3 Å². The van der Waals surface area contributed by atoms with Crippen molar-refractivity contribution < 1.29 is 9.59 Å². The van der Waals surface area contributed by atoms with Crippen LogP contribution in [0.15, 0.2) is 24.3 Å². The summed E-state index contributed by atoms with van der Waals surface area (Å²) in [6.07, 6.45) is 2.98. The highest BCUT2D eigenvalue weighted by Gasteiger charge is 2.25. The standard InChI is InChI=1S/C12H14N2O2/c13-11(15)9-6-1-2-7-10(9)14-12(16)8-4-3-5-8/h1-2,6-8H,3-5H2,(H2,13,15)(H,14,16). The van der Waals surface area contributed by atoms with Crippen LogP contribution in [-0.4, -0.2) is 11.8 Å². The second-order valence-electron chi connectivity index (χ2n) is 4.03. The second kappa shape index (κ2) is 4.35. The van der Waals surface area contributed by atoms with Gasteiger partial charge in [0.05, 0.1) is 11.3 Å². The summed E-state index contributed by atoms with van der Waals surface area (Å²) >= 11 is 0. The Hall–Kier alpha value is -1.84. The SMILES string of the molecule is NC(=O)c1ccccc1NC(=O)C1CCC1. The van der Waals surface area contributed by atoms with Crippen LogP contribution >= 0.6 is 0 Å². The maximum Gasteiger partial charge on any atom is 0.250 e. The predicted molar refractivity (Wildman–Crippen MR) is 60.9 cm³/mol. The van der Waals surface area contributed by atoms with Crippen molar-refractivity contribution in [2.24, 2.45) is 11.7 Å². The van der Waals surface area contributed by atoms with Crippen molar-refractivity contribution >= 4 is 17.5 Å². The van der Waals surface area contributed by atoms with Gasteiger partial charge in [-0.05, 0) is 25.0 Å². The fourth-order valence-corrected chi connectivity index (χ4v) is 1.71. The monoisotopic (exact) mass is 218 g/mol. The summed E-state index contributed by atoms with van der Waals surface area (Å²) in [6, 6.07) is 6.79. The first-order chi connectivity index (χ1) is 7.68. The molecule has 0 aromatic heterocycles. The first-order valence-electron chi connectivity index (χ1n) is 5.38. The average Bonchev–Trinajstić information content (AvgIpc) is 2.15. The molecule has 0 saturated heterocycles. The molecule has 3 N–H and O–H groups in total. The van der Waals surface area contributed by atoms with Gasteiger partial charge in [0, 0.05) is 5.92 Å². The minimum atomic E-state index is -0.524. The van der Waals surface area contributed by atoms with Gasteiger partial charge in [0.25, 0.3) is 5.91 Å². The molecule has 0 unspecified atom stereocenters. The number of primary amides is 1. The maximum absolute atomic E-state index is 11.7. The summed E-state index contributed by atoms with van der Waals surface area (Å²) in [4.78, 5) is 22.8. The minimum Gasteiger partial charge on any atom is -0.366 e. The number of nitrogens with one attached hydrogen (secondary N) is 1. The van der Waals surface area contributed by atoms with Crippen LogP contribution in [0.25, 0.3) is 0 Å². The van der Waals surface area contributed by atoms with Crippen LogP contribution in [0.5, 0.6) is 0 Å². The predicted octanol–water partition coefficient (Wildman–Crippen LogP) is 1.52. The zero-order chi connectivity index (χ0) is 11.5. The Kier molecular flexibility index (Phi) is 2.90. The quantitative estimate of drug-likeness (QED) is 0.807. The Bertz CT molecular complexity index is 425. The van der Waals surface area contributed by atoms with Gasteiger partial charge in [-0.2, -0.15) is 0 Å². The lowest BCUT2D eigenvalue weighted by Crippen LogP contribution is -2.29. The fraction of sp³-hybridized carbons (Fsp3) is 0.333. The molecular formula is C12H14N2O2. The molecule has 2 amide bonds. The third-order valence-electron chi connectivity index (χ3n) is 2.93. The number of carbonyl (C=O) groups is 2. The Labute approximate surface area is 93.8 Å². The van der Waals surface area contributed by atoms with E-state index < -0.39 is 5.91 Å². The van der Waals surface area contributed by atoms with Crippen LogP contribution < -0.4 is 11.1 Å². The van der Waals surface area contributed by atoms with Gasteiger partial charge in [-0.1, -0.05) is 18.6 Å². The Morgan fingerprint density at radius 3 is 2.50 bits per heavy atom. The Morgan fingerprint density at radius 1 is 1.25 bits per heavy atom. The lowest BCUT2D eigenvalue weighted by atomic mass is 9.85. The van der Waals surface area contributed by atoms with Crippen molar-refractivity contribution in [1.82, 2.24) is 0 Å². The third kappa shape index (κ3) is 2.05. The van der Waals surface area contributed by atoms with Crippen LogP contribution in [0.4, 0.5) is 5.69 Å². The van der Waals surface area contributed by atoms with Crippen molar-refractivity contribution in [3.8, 4) is 0 Å². The molecule has 4 nitrogen and oxygen atoms in total. The average molecular weight is 218 g/mol. The Morgan fingerprint density at radius 2 is 1.94 bits per heavy atom. The third-order valence-corrected chi connectivity index (χ3v) is 2.93. The lowest BCUT2D eigenvalue weighted by Gasteiger charge is -2.24. The molecule has 0 heterocycles. The number of hydrogen-bond acceptors (Lipinski definition) is 2. The molecule has 0 atom stereocenters. The summed E-state index contributed by atoms with van der Waals surface area (Å²) in [6.45, 7) is 0. The van der Waals surface area contributed by atoms with E-state index in [4.69, 9.17) is 5.73 Å². The number of hydrogen-bond donors (Lipinski definition) is 2. The number of nitrogens with two attached hydrogens (primary N) is 1. The van der Waals surface area contributed by atoms with E-state index in [1.807, 2.05) is 0 Å². The summed E-state index contributed by atoms with van der Waals surface area (Å²) in [5, 5.41) is 2.75. The summed E-state index contributed by atoms with van der Waals surface area (Å²) in [5.41, 5.74) is 6.09. The zero-order valence-electron chi connectivity index (χ0n) is 8.90. The molecule has 1 aromatic carbocycles. The van der Waals surface area contributed by atoms with Gasteiger partial charge in [-0.25, -0.2) is 0 Å². The Balaban J connectivity index is 2.13. The van der Waals surface area contributed by atoms with Gasteiger partial charge >= 0.3 is 0 Å². The normalized spacial score (nSPS) is 15.2. The van der Waals surface area contributed by atoms with E-state index in [2.05, 4.69) is 5.32 Å². The van der Waals surface area contributed by atoms with Crippen LogP contribution in [0, 0.1) is 5.92 Å².